The number of hydrogen-bond acceptors (Lipinski definition) is 3. The maximum absolute atomic E-state index is 5.72. The largest absolute Gasteiger partial charge is 0.377 e. The minimum atomic E-state index is 0.0174. The summed E-state index contributed by atoms with van der Waals surface area (Å²) in [6.07, 6.45) is 6.32. The third-order valence-corrected chi connectivity index (χ3v) is 4.26. The third-order valence-electron chi connectivity index (χ3n) is 3.79. The van der Waals surface area contributed by atoms with E-state index in [1.165, 1.54) is 6.42 Å². The Morgan fingerprint density at radius 3 is 2.71 bits per heavy atom. The van der Waals surface area contributed by atoms with E-state index in [-0.39, 0.29) is 5.60 Å². The molecule has 0 aliphatic heterocycles. The lowest BCUT2D eigenvalue weighted by atomic mass is 9.73. The Labute approximate surface area is 111 Å². The van der Waals surface area contributed by atoms with Crippen LogP contribution >= 0.6 is 15.9 Å². The summed E-state index contributed by atoms with van der Waals surface area (Å²) < 4.78 is 6.74. The van der Waals surface area contributed by atoms with Crippen LogP contribution in [-0.2, 0) is 11.2 Å². The van der Waals surface area contributed by atoms with Gasteiger partial charge in [-0.15, -0.1) is 0 Å². The van der Waals surface area contributed by atoms with Crippen LogP contribution in [0, 0.1) is 0 Å². The molecule has 1 heterocycles. The lowest BCUT2D eigenvalue weighted by Gasteiger charge is -2.46. The summed E-state index contributed by atoms with van der Waals surface area (Å²) in [7, 11) is 3.82. The first kappa shape index (κ1) is 13.0. The molecule has 94 valence electrons. The van der Waals surface area contributed by atoms with Crippen LogP contribution in [-0.4, -0.2) is 30.8 Å². The second-order valence-corrected chi connectivity index (χ2v) is 5.55. The number of ether oxygens (including phenoxy) is 1. The summed E-state index contributed by atoms with van der Waals surface area (Å²) in [4.78, 5) is 4.43. The van der Waals surface area contributed by atoms with E-state index in [0.29, 0.717) is 6.04 Å². The zero-order valence-corrected chi connectivity index (χ0v) is 12.0. The van der Waals surface area contributed by atoms with Crippen molar-refractivity contribution in [1.82, 2.24) is 10.3 Å². The molecule has 1 aliphatic rings. The summed E-state index contributed by atoms with van der Waals surface area (Å²) in [5, 5.41) is 3.38. The van der Waals surface area contributed by atoms with Gasteiger partial charge in [-0.2, -0.15) is 0 Å². The van der Waals surface area contributed by atoms with Crippen molar-refractivity contribution in [2.45, 2.75) is 37.3 Å². The molecule has 1 unspecified atom stereocenters. The van der Waals surface area contributed by atoms with Crippen molar-refractivity contribution >= 4 is 15.9 Å². The predicted octanol–water partition coefficient (Wildman–Crippen LogP) is 2.54. The summed E-state index contributed by atoms with van der Waals surface area (Å²) in [6, 6.07) is 4.45. The van der Waals surface area contributed by atoms with E-state index in [4.69, 9.17) is 4.74 Å². The Morgan fingerprint density at radius 1 is 1.53 bits per heavy atom. The molecule has 1 aliphatic carbocycles. The van der Waals surface area contributed by atoms with E-state index in [1.807, 2.05) is 26.4 Å². The fraction of sp³-hybridized carbons (Fsp3) is 0.615. The Morgan fingerprint density at radius 2 is 2.29 bits per heavy atom. The van der Waals surface area contributed by atoms with Crippen LogP contribution in [0.4, 0.5) is 0 Å². The first-order chi connectivity index (χ1) is 8.20. The molecule has 4 heteroatoms. The van der Waals surface area contributed by atoms with Crippen molar-refractivity contribution in [1.29, 1.82) is 0 Å². The van der Waals surface area contributed by atoms with E-state index in [1.54, 1.807) is 0 Å². The van der Waals surface area contributed by atoms with E-state index in [0.717, 1.165) is 29.4 Å². The molecule has 1 aromatic heterocycles. The number of nitrogens with one attached hydrogen (secondary N) is 1. The predicted molar refractivity (Wildman–Crippen MR) is 72.1 cm³/mol. The molecule has 0 radical (unpaired) electrons. The lowest BCUT2D eigenvalue weighted by Crippen LogP contribution is -2.56. The van der Waals surface area contributed by atoms with Crippen LogP contribution in [0.15, 0.2) is 22.8 Å². The molecular weight excluding hydrogens is 280 g/mol. The Hall–Kier alpha value is -0.450. The van der Waals surface area contributed by atoms with Crippen LogP contribution in [0.3, 0.4) is 0 Å². The van der Waals surface area contributed by atoms with Gasteiger partial charge in [-0.25, -0.2) is 0 Å². The zero-order chi connectivity index (χ0) is 12.3. The van der Waals surface area contributed by atoms with Gasteiger partial charge in [-0.3, -0.25) is 4.98 Å². The summed E-state index contributed by atoms with van der Waals surface area (Å²) in [5.41, 5.74) is 1.12. The third kappa shape index (κ3) is 2.69. The minimum Gasteiger partial charge on any atom is -0.377 e. The van der Waals surface area contributed by atoms with Gasteiger partial charge in [-0.05, 0) is 54.4 Å². The fourth-order valence-corrected chi connectivity index (χ4v) is 2.74. The number of hydrogen-bond donors (Lipinski definition) is 1. The number of pyridine rings is 1. The quantitative estimate of drug-likeness (QED) is 0.907. The molecule has 17 heavy (non-hydrogen) atoms. The molecule has 1 fully saturated rings. The second-order valence-electron chi connectivity index (χ2n) is 4.64. The van der Waals surface area contributed by atoms with Crippen molar-refractivity contribution in [3.8, 4) is 0 Å². The van der Waals surface area contributed by atoms with E-state index >= 15 is 0 Å². The number of halogens is 1. The molecule has 1 aromatic rings. The Kier molecular flexibility index (Phi) is 4.17. The van der Waals surface area contributed by atoms with E-state index in [2.05, 4.69) is 32.3 Å². The van der Waals surface area contributed by atoms with Gasteiger partial charge in [-0.1, -0.05) is 0 Å². The highest BCUT2D eigenvalue weighted by Crippen LogP contribution is 2.38. The first-order valence-corrected chi connectivity index (χ1v) is 6.82. The highest BCUT2D eigenvalue weighted by Gasteiger charge is 2.43. The van der Waals surface area contributed by atoms with Crippen molar-refractivity contribution in [2.24, 2.45) is 0 Å². The van der Waals surface area contributed by atoms with E-state index in [9.17, 15) is 0 Å². The van der Waals surface area contributed by atoms with Gasteiger partial charge in [0.15, 0.2) is 0 Å². The average molecular weight is 299 g/mol. The van der Waals surface area contributed by atoms with Gasteiger partial charge < -0.3 is 10.1 Å². The van der Waals surface area contributed by atoms with Crippen LogP contribution in [0.25, 0.3) is 0 Å². The molecule has 2 rings (SSSR count). The standard InChI is InChI=1S/C13H19BrN2O/c1-15-12(13(17-2)6-3-7-13)8-11-5-4-10(14)9-16-11/h4-5,9,12,15H,3,6-8H2,1-2H3. The van der Waals surface area contributed by atoms with Crippen molar-refractivity contribution < 1.29 is 4.74 Å². The average Bonchev–Trinajstić information content (AvgIpc) is 2.29. The minimum absolute atomic E-state index is 0.0174. The van der Waals surface area contributed by atoms with Gasteiger partial charge in [0, 0.05) is 35.9 Å². The van der Waals surface area contributed by atoms with Crippen molar-refractivity contribution in [3.05, 3.63) is 28.5 Å². The monoisotopic (exact) mass is 298 g/mol. The van der Waals surface area contributed by atoms with E-state index < -0.39 is 0 Å². The Balaban J connectivity index is 2.07. The zero-order valence-electron chi connectivity index (χ0n) is 10.4. The summed E-state index contributed by atoms with van der Waals surface area (Å²) in [6.45, 7) is 0. The molecule has 0 saturated heterocycles. The molecule has 1 saturated carbocycles. The van der Waals surface area contributed by atoms with Crippen LogP contribution in [0.5, 0.6) is 0 Å². The highest BCUT2D eigenvalue weighted by atomic mass is 79.9. The first-order valence-electron chi connectivity index (χ1n) is 6.03. The maximum atomic E-state index is 5.72. The SMILES string of the molecule is CNC(Cc1ccc(Br)cn1)C1(OC)CCC1. The molecule has 0 aromatic carbocycles. The fourth-order valence-electron chi connectivity index (χ4n) is 2.51. The van der Waals surface area contributed by atoms with Crippen molar-refractivity contribution in [3.63, 3.8) is 0 Å². The maximum Gasteiger partial charge on any atom is 0.0834 e. The number of rotatable bonds is 5. The molecule has 1 atom stereocenters. The van der Waals surface area contributed by atoms with Gasteiger partial charge >= 0.3 is 0 Å². The molecule has 0 amide bonds. The smallest absolute Gasteiger partial charge is 0.0834 e. The molecule has 0 spiro atoms. The number of likely N-dealkylation sites (N-methyl/N-ethyl adjacent to an activating group) is 1. The molecular formula is C13H19BrN2O. The van der Waals surface area contributed by atoms with Gasteiger partial charge in [0.1, 0.15) is 0 Å². The van der Waals surface area contributed by atoms with Crippen LogP contribution < -0.4 is 5.32 Å². The second kappa shape index (κ2) is 5.46. The molecule has 0 bridgehead atoms. The van der Waals surface area contributed by atoms with Gasteiger partial charge in [0.25, 0.3) is 0 Å². The van der Waals surface area contributed by atoms with Crippen LogP contribution in [0.2, 0.25) is 0 Å². The highest BCUT2D eigenvalue weighted by molar-refractivity contribution is 9.10. The summed E-state index contributed by atoms with van der Waals surface area (Å²) in [5.74, 6) is 0. The molecule has 1 N–H and O–H groups in total. The van der Waals surface area contributed by atoms with Crippen molar-refractivity contribution in [2.75, 3.05) is 14.2 Å². The summed E-state index contributed by atoms with van der Waals surface area (Å²) >= 11 is 3.40. The van der Waals surface area contributed by atoms with Crippen LogP contribution in [0.1, 0.15) is 25.0 Å². The number of methoxy groups -OCH3 is 1. The van der Waals surface area contributed by atoms with Gasteiger partial charge in [0.2, 0.25) is 0 Å². The topological polar surface area (TPSA) is 34.2 Å². The number of nitrogens with zero attached hydrogens (tertiary/aromatic N) is 1. The normalized spacial score (nSPS) is 19.7. The lowest BCUT2D eigenvalue weighted by molar-refractivity contribution is -0.0968. The number of aromatic nitrogens is 1. The van der Waals surface area contributed by atoms with Gasteiger partial charge in [0.05, 0.1) is 5.60 Å². The Bertz CT molecular complexity index is 357. The molecule has 3 nitrogen and oxygen atoms in total.